The summed E-state index contributed by atoms with van der Waals surface area (Å²) in [7, 11) is 0. The average Bonchev–Trinajstić information content (AvgIpc) is 2.05. The molecule has 3 heteroatoms. The Hall–Kier alpha value is -0.600. The number of aliphatic hydroxyl groups is 1. The Bertz CT molecular complexity index is 252. The fraction of sp³-hybridized carbons (Fsp3) is 0.333. The Labute approximate surface area is 75.8 Å². The second-order valence-corrected chi connectivity index (χ2v) is 2.91. The van der Waals surface area contributed by atoms with Crippen molar-refractivity contribution in [1.82, 2.24) is 0 Å². The van der Waals surface area contributed by atoms with Crippen LogP contribution in [0.2, 0.25) is 5.02 Å². The quantitative estimate of drug-likeness (QED) is 0.774. The van der Waals surface area contributed by atoms with Gasteiger partial charge in [-0.05, 0) is 6.07 Å². The highest BCUT2D eigenvalue weighted by Crippen LogP contribution is 2.27. The van der Waals surface area contributed by atoms with Gasteiger partial charge in [-0.25, -0.2) is 4.39 Å². The molecule has 0 amide bonds. The summed E-state index contributed by atoms with van der Waals surface area (Å²) in [6.45, 7) is -0.160. The number of hydrogen-bond donors (Lipinski definition) is 1. The van der Waals surface area contributed by atoms with Gasteiger partial charge >= 0.3 is 0 Å². The van der Waals surface area contributed by atoms with E-state index in [4.69, 9.17) is 16.7 Å². The number of rotatable bonds is 3. The molecule has 1 aromatic rings. The largest absolute Gasteiger partial charge is 0.396 e. The lowest BCUT2D eigenvalue weighted by Gasteiger charge is -2.07. The van der Waals surface area contributed by atoms with Crippen LogP contribution in [0.15, 0.2) is 24.3 Å². The molecule has 0 aliphatic heterocycles. The third kappa shape index (κ3) is 2.19. The highest BCUT2D eigenvalue weighted by atomic mass is 35.5. The summed E-state index contributed by atoms with van der Waals surface area (Å²) in [5, 5.41) is 8.92. The maximum absolute atomic E-state index is 13.2. The molecule has 1 N–H and O–H groups in total. The monoisotopic (exact) mass is 188 g/mol. The number of aliphatic hydroxyl groups excluding tert-OH is 1. The van der Waals surface area contributed by atoms with Gasteiger partial charge in [-0.1, -0.05) is 29.8 Å². The lowest BCUT2D eigenvalue weighted by atomic mass is 10.1. The predicted octanol–water partition coefficient (Wildman–Crippen LogP) is 2.73. The van der Waals surface area contributed by atoms with Gasteiger partial charge in [-0.2, -0.15) is 0 Å². The van der Waals surface area contributed by atoms with E-state index >= 15 is 0 Å². The second kappa shape index (κ2) is 4.43. The van der Waals surface area contributed by atoms with Gasteiger partial charge in [0.15, 0.2) is 0 Å². The van der Waals surface area contributed by atoms with Crippen molar-refractivity contribution in [3.8, 4) is 0 Å². The Kier molecular flexibility index (Phi) is 3.50. The van der Waals surface area contributed by atoms with E-state index in [0.717, 1.165) is 0 Å². The maximum atomic E-state index is 13.2. The summed E-state index contributed by atoms with van der Waals surface area (Å²) in [6.07, 6.45) is -1.06. The maximum Gasteiger partial charge on any atom is 0.129 e. The third-order valence-electron chi connectivity index (χ3n) is 1.63. The Morgan fingerprint density at radius 1 is 1.42 bits per heavy atom. The molecule has 1 aromatic carbocycles. The summed E-state index contributed by atoms with van der Waals surface area (Å²) >= 11 is 5.73. The lowest BCUT2D eigenvalue weighted by Crippen LogP contribution is -1.95. The standard InChI is InChI=1S/C9H10ClFO/c10-8-4-2-1-3-7(8)9(11)5-6-12/h1-4,9,12H,5-6H2. The summed E-state index contributed by atoms with van der Waals surface area (Å²) in [5.74, 6) is 0. The average molecular weight is 189 g/mol. The van der Waals surface area contributed by atoms with Gasteiger partial charge in [0.2, 0.25) is 0 Å². The van der Waals surface area contributed by atoms with Crippen LogP contribution < -0.4 is 0 Å². The Balaban J connectivity index is 2.79. The van der Waals surface area contributed by atoms with Crippen molar-refractivity contribution in [2.24, 2.45) is 0 Å². The van der Waals surface area contributed by atoms with Crippen LogP contribution in [0.25, 0.3) is 0 Å². The minimum absolute atomic E-state index is 0.101. The smallest absolute Gasteiger partial charge is 0.129 e. The molecule has 1 nitrogen and oxygen atoms in total. The van der Waals surface area contributed by atoms with Gasteiger partial charge in [0, 0.05) is 23.6 Å². The topological polar surface area (TPSA) is 20.2 Å². The van der Waals surface area contributed by atoms with Crippen molar-refractivity contribution >= 4 is 11.6 Å². The van der Waals surface area contributed by atoms with Crippen LogP contribution >= 0.6 is 11.6 Å². The fourth-order valence-electron chi connectivity index (χ4n) is 0.998. The van der Waals surface area contributed by atoms with E-state index in [-0.39, 0.29) is 13.0 Å². The van der Waals surface area contributed by atoms with Crippen molar-refractivity contribution in [2.75, 3.05) is 6.61 Å². The Morgan fingerprint density at radius 3 is 2.67 bits per heavy atom. The van der Waals surface area contributed by atoms with Crippen molar-refractivity contribution in [3.63, 3.8) is 0 Å². The minimum Gasteiger partial charge on any atom is -0.396 e. The first-order chi connectivity index (χ1) is 5.75. The lowest BCUT2D eigenvalue weighted by molar-refractivity contribution is 0.222. The molecule has 12 heavy (non-hydrogen) atoms. The summed E-state index contributed by atoms with van der Waals surface area (Å²) in [5.41, 5.74) is 0.452. The molecule has 0 bridgehead atoms. The molecule has 0 spiro atoms. The van der Waals surface area contributed by atoms with Crippen LogP contribution in [0.5, 0.6) is 0 Å². The van der Waals surface area contributed by atoms with E-state index in [1.165, 1.54) is 0 Å². The molecule has 0 saturated heterocycles. The SMILES string of the molecule is OCCC(F)c1ccccc1Cl. The molecular weight excluding hydrogens is 179 g/mol. The van der Waals surface area contributed by atoms with Crippen LogP contribution in [0, 0.1) is 0 Å². The summed E-state index contributed by atoms with van der Waals surface area (Å²) < 4.78 is 13.2. The highest BCUT2D eigenvalue weighted by molar-refractivity contribution is 6.31. The zero-order chi connectivity index (χ0) is 8.97. The van der Waals surface area contributed by atoms with E-state index in [2.05, 4.69) is 0 Å². The van der Waals surface area contributed by atoms with E-state index in [1.807, 2.05) is 0 Å². The zero-order valence-electron chi connectivity index (χ0n) is 6.50. The number of hydrogen-bond acceptors (Lipinski definition) is 1. The minimum atomic E-state index is -1.16. The molecule has 0 fully saturated rings. The van der Waals surface area contributed by atoms with E-state index in [1.54, 1.807) is 24.3 Å². The van der Waals surface area contributed by atoms with Crippen LogP contribution in [0.4, 0.5) is 4.39 Å². The molecule has 0 saturated carbocycles. The molecule has 0 aromatic heterocycles. The fourth-order valence-corrected chi connectivity index (χ4v) is 1.25. The van der Waals surface area contributed by atoms with Crippen LogP contribution in [0.1, 0.15) is 18.2 Å². The zero-order valence-corrected chi connectivity index (χ0v) is 7.26. The molecule has 0 aliphatic carbocycles. The molecule has 0 radical (unpaired) electrons. The number of halogens is 2. The normalized spacial score (nSPS) is 12.9. The first kappa shape index (κ1) is 9.49. The van der Waals surface area contributed by atoms with E-state index in [0.29, 0.717) is 10.6 Å². The second-order valence-electron chi connectivity index (χ2n) is 2.50. The molecule has 66 valence electrons. The van der Waals surface area contributed by atoms with Gasteiger partial charge in [-0.3, -0.25) is 0 Å². The van der Waals surface area contributed by atoms with Crippen LogP contribution in [0.3, 0.4) is 0 Å². The van der Waals surface area contributed by atoms with Gasteiger partial charge in [0.1, 0.15) is 6.17 Å². The molecule has 0 aliphatic rings. The molecule has 1 unspecified atom stereocenters. The highest BCUT2D eigenvalue weighted by Gasteiger charge is 2.11. The molecule has 1 rings (SSSR count). The first-order valence-corrected chi connectivity index (χ1v) is 4.13. The third-order valence-corrected chi connectivity index (χ3v) is 1.97. The summed E-state index contributed by atoms with van der Waals surface area (Å²) in [4.78, 5) is 0. The molecule has 0 heterocycles. The summed E-state index contributed by atoms with van der Waals surface area (Å²) in [6, 6.07) is 6.74. The van der Waals surface area contributed by atoms with Crippen molar-refractivity contribution in [2.45, 2.75) is 12.6 Å². The van der Waals surface area contributed by atoms with Crippen molar-refractivity contribution in [1.29, 1.82) is 0 Å². The van der Waals surface area contributed by atoms with E-state index in [9.17, 15) is 4.39 Å². The molecule has 1 atom stereocenters. The van der Waals surface area contributed by atoms with Crippen molar-refractivity contribution in [3.05, 3.63) is 34.9 Å². The van der Waals surface area contributed by atoms with Gasteiger partial charge in [0.05, 0.1) is 0 Å². The van der Waals surface area contributed by atoms with Gasteiger partial charge in [-0.15, -0.1) is 0 Å². The number of benzene rings is 1. The van der Waals surface area contributed by atoms with Crippen LogP contribution in [-0.2, 0) is 0 Å². The first-order valence-electron chi connectivity index (χ1n) is 3.75. The Morgan fingerprint density at radius 2 is 2.08 bits per heavy atom. The number of alkyl halides is 1. The molecular formula is C9H10ClFO. The predicted molar refractivity (Wildman–Crippen MR) is 47.0 cm³/mol. The van der Waals surface area contributed by atoms with Crippen LogP contribution in [-0.4, -0.2) is 11.7 Å². The van der Waals surface area contributed by atoms with Crippen molar-refractivity contribution < 1.29 is 9.50 Å². The van der Waals surface area contributed by atoms with Gasteiger partial charge in [0.25, 0.3) is 0 Å². The van der Waals surface area contributed by atoms with E-state index < -0.39 is 6.17 Å². The van der Waals surface area contributed by atoms with Gasteiger partial charge < -0.3 is 5.11 Å².